The molecule has 1 aromatic rings. The summed E-state index contributed by atoms with van der Waals surface area (Å²) in [5, 5.41) is 11.8. The molecule has 2 amide bonds. The number of nitrogens with two attached hydrogens (primary N) is 1. The molecule has 0 saturated carbocycles. The van der Waals surface area contributed by atoms with Gasteiger partial charge in [0.25, 0.3) is 5.91 Å². The van der Waals surface area contributed by atoms with Crippen LogP contribution in [0, 0.1) is 0 Å². The number of benzene rings is 1. The molecule has 0 unspecified atom stereocenters. The molecule has 108 valence electrons. The van der Waals surface area contributed by atoms with E-state index in [1.807, 2.05) is 0 Å². The number of aliphatic hydroxyl groups excluding tert-OH is 1. The first-order valence-electron chi connectivity index (χ1n) is 6.66. The maximum Gasteiger partial charge on any atom is 0.251 e. The van der Waals surface area contributed by atoms with Gasteiger partial charge in [0.05, 0.1) is 19.2 Å². The standard InChI is InChI=1S/C14H19N3O3/c15-11-5-3-10(4-6-11)14(20)16-8-13(19)17-7-1-2-12(17)9-18/h3-6,12,18H,1-2,7-9,15H2,(H,16,20)/t12-/m0/s1. The van der Waals surface area contributed by atoms with Crippen LogP contribution in [0.1, 0.15) is 23.2 Å². The first kappa shape index (κ1) is 14.3. The fraction of sp³-hybridized carbons (Fsp3) is 0.429. The molecule has 6 heteroatoms. The summed E-state index contributed by atoms with van der Waals surface area (Å²) >= 11 is 0. The molecule has 1 heterocycles. The molecule has 1 saturated heterocycles. The fourth-order valence-corrected chi connectivity index (χ4v) is 2.35. The molecular weight excluding hydrogens is 258 g/mol. The number of aliphatic hydroxyl groups is 1. The predicted molar refractivity (Wildman–Crippen MR) is 75.0 cm³/mol. The number of amides is 2. The van der Waals surface area contributed by atoms with Crippen molar-refractivity contribution in [3.8, 4) is 0 Å². The van der Waals surface area contributed by atoms with Crippen LogP contribution in [-0.4, -0.2) is 47.6 Å². The number of likely N-dealkylation sites (tertiary alicyclic amines) is 1. The summed E-state index contributed by atoms with van der Waals surface area (Å²) in [5.41, 5.74) is 6.59. The van der Waals surface area contributed by atoms with E-state index in [9.17, 15) is 14.7 Å². The Balaban J connectivity index is 1.87. The van der Waals surface area contributed by atoms with Crippen molar-refractivity contribution in [2.24, 2.45) is 0 Å². The normalized spacial score (nSPS) is 18.1. The van der Waals surface area contributed by atoms with Crippen LogP contribution in [0.25, 0.3) is 0 Å². The van der Waals surface area contributed by atoms with E-state index in [4.69, 9.17) is 5.73 Å². The van der Waals surface area contributed by atoms with E-state index in [2.05, 4.69) is 5.32 Å². The van der Waals surface area contributed by atoms with E-state index in [0.717, 1.165) is 12.8 Å². The molecule has 1 aliphatic rings. The van der Waals surface area contributed by atoms with Gasteiger partial charge in [-0.25, -0.2) is 0 Å². The number of hydrogen-bond donors (Lipinski definition) is 3. The molecule has 0 radical (unpaired) electrons. The molecule has 0 aliphatic carbocycles. The number of carbonyl (C=O) groups is 2. The number of nitrogens with zero attached hydrogens (tertiary/aromatic N) is 1. The average molecular weight is 277 g/mol. The zero-order chi connectivity index (χ0) is 14.5. The molecule has 0 spiro atoms. The van der Waals surface area contributed by atoms with Crippen molar-refractivity contribution in [2.45, 2.75) is 18.9 Å². The SMILES string of the molecule is Nc1ccc(C(=O)NCC(=O)N2CCC[C@H]2CO)cc1. The van der Waals surface area contributed by atoms with Gasteiger partial charge in [0.2, 0.25) is 5.91 Å². The number of nitrogens with one attached hydrogen (secondary N) is 1. The molecular formula is C14H19N3O3. The lowest BCUT2D eigenvalue weighted by atomic mass is 10.2. The Bertz CT molecular complexity index is 487. The Kier molecular flexibility index (Phi) is 4.57. The van der Waals surface area contributed by atoms with Gasteiger partial charge in [-0.05, 0) is 37.1 Å². The van der Waals surface area contributed by atoms with Crippen LogP contribution in [0.5, 0.6) is 0 Å². The van der Waals surface area contributed by atoms with Crippen molar-refractivity contribution in [1.82, 2.24) is 10.2 Å². The molecule has 6 nitrogen and oxygen atoms in total. The average Bonchev–Trinajstić information content (AvgIpc) is 2.93. The fourth-order valence-electron chi connectivity index (χ4n) is 2.35. The zero-order valence-corrected chi connectivity index (χ0v) is 11.2. The van der Waals surface area contributed by atoms with E-state index in [1.54, 1.807) is 29.2 Å². The molecule has 20 heavy (non-hydrogen) atoms. The van der Waals surface area contributed by atoms with Gasteiger partial charge in [-0.1, -0.05) is 0 Å². The maximum atomic E-state index is 12.0. The lowest BCUT2D eigenvalue weighted by Gasteiger charge is -2.23. The minimum absolute atomic E-state index is 0.0301. The van der Waals surface area contributed by atoms with E-state index < -0.39 is 0 Å². The van der Waals surface area contributed by atoms with Crippen LogP contribution >= 0.6 is 0 Å². The number of carbonyl (C=O) groups excluding carboxylic acids is 2. The lowest BCUT2D eigenvalue weighted by Crippen LogP contribution is -2.43. The molecule has 1 fully saturated rings. The van der Waals surface area contributed by atoms with Crippen molar-refractivity contribution in [3.63, 3.8) is 0 Å². The number of nitrogen functional groups attached to an aromatic ring is 1. The van der Waals surface area contributed by atoms with Crippen LogP contribution < -0.4 is 11.1 Å². The number of anilines is 1. The quantitative estimate of drug-likeness (QED) is 0.674. The largest absolute Gasteiger partial charge is 0.399 e. The smallest absolute Gasteiger partial charge is 0.251 e. The number of rotatable bonds is 4. The third-order valence-corrected chi connectivity index (χ3v) is 3.48. The highest BCUT2D eigenvalue weighted by atomic mass is 16.3. The van der Waals surface area contributed by atoms with Gasteiger partial charge in [-0.3, -0.25) is 9.59 Å². The van der Waals surface area contributed by atoms with E-state index in [-0.39, 0.29) is 31.0 Å². The second kappa shape index (κ2) is 6.38. The van der Waals surface area contributed by atoms with E-state index >= 15 is 0 Å². The predicted octanol–water partition coefficient (Wildman–Crippen LogP) is -0.0181. The first-order chi connectivity index (χ1) is 9.61. The van der Waals surface area contributed by atoms with Gasteiger partial charge in [0.1, 0.15) is 0 Å². The lowest BCUT2D eigenvalue weighted by molar-refractivity contribution is -0.131. The Morgan fingerprint density at radius 3 is 2.70 bits per heavy atom. The summed E-state index contributed by atoms with van der Waals surface area (Å²) in [5.74, 6) is -0.469. The molecule has 1 aliphatic heterocycles. The van der Waals surface area contributed by atoms with E-state index in [1.165, 1.54) is 0 Å². The molecule has 4 N–H and O–H groups in total. The van der Waals surface area contributed by atoms with Gasteiger partial charge >= 0.3 is 0 Å². The molecule has 1 atom stereocenters. The highest BCUT2D eigenvalue weighted by Crippen LogP contribution is 2.16. The summed E-state index contributed by atoms with van der Waals surface area (Å²) in [4.78, 5) is 25.5. The second-order valence-electron chi connectivity index (χ2n) is 4.87. The Morgan fingerprint density at radius 2 is 2.05 bits per heavy atom. The summed E-state index contributed by atoms with van der Waals surface area (Å²) in [7, 11) is 0. The van der Waals surface area contributed by atoms with Gasteiger partial charge in [-0.2, -0.15) is 0 Å². The van der Waals surface area contributed by atoms with Gasteiger partial charge < -0.3 is 21.1 Å². The van der Waals surface area contributed by atoms with Crippen molar-refractivity contribution < 1.29 is 14.7 Å². The Hall–Kier alpha value is -2.08. The summed E-state index contributed by atoms with van der Waals surface area (Å²) < 4.78 is 0. The van der Waals surface area contributed by atoms with Crippen LogP contribution in [-0.2, 0) is 4.79 Å². The molecule has 0 bridgehead atoms. The van der Waals surface area contributed by atoms with Crippen molar-refractivity contribution in [2.75, 3.05) is 25.4 Å². The molecule has 1 aromatic carbocycles. The topological polar surface area (TPSA) is 95.7 Å². The van der Waals surface area contributed by atoms with Crippen LogP contribution in [0.15, 0.2) is 24.3 Å². The highest BCUT2D eigenvalue weighted by Gasteiger charge is 2.27. The zero-order valence-electron chi connectivity index (χ0n) is 11.2. The van der Waals surface area contributed by atoms with Crippen LogP contribution in [0.4, 0.5) is 5.69 Å². The third kappa shape index (κ3) is 3.27. The Labute approximate surface area is 117 Å². The minimum atomic E-state index is -0.307. The summed E-state index contributed by atoms with van der Waals surface area (Å²) in [6.07, 6.45) is 1.71. The second-order valence-corrected chi connectivity index (χ2v) is 4.87. The highest BCUT2D eigenvalue weighted by molar-refractivity contribution is 5.96. The third-order valence-electron chi connectivity index (χ3n) is 3.48. The molecule has 0 aromatic heterocycles. The van der Waals surface area contributed by atoms with Crippen molar-refractivity contribution >= 4 is 17.5 Å². The molecule has 2 rings (SSSR count). The first-order valence-corrected chi connectivity index (χ1v) is 6.66. The summed E-state index contributed by atoms with van der Waals surface area (Å²) in [6.45, 7) is 0.555. The minimum Gasteiger partial charge on any atom is -0.399 e. The van der Waals surface area contributed by atoms with Gasteiger partial charge in [0.15, 0.2) is 0 Å². The summed E-state index contributed by atoms with van der Waals surface area (Å²) in [6, 6.07) is 6.39. The number of hydrogen-bond acceptors (Lipinski definition) is 4. The Morgan fingerprint density at radius 1 is 1.35 bits per heavy atom. The monoisotopic (exact) mass is 277 g/mol. The van der Waals surface area contributed by atoms with E-state index in [0.29, 0.717) is 17.8 Å². The van der Waals surface area contributed by atoms with Gasteiger partial charge in [-0.15, -0.1) is 0 Å². The van der Waals surface area contributed by atoms with Crippen LogP contribution in [0.3, 0.4) is 0 Å². The maximum absolute atomic E-state index is 12.0. The van der Waals surface area contributed by atoms with Gasteiger partial charge in [0, 0.05) is 17.8 Å². The van der Waals surface area contributed by atoms with Crippen LogP contribution in [0.2, 0.25) is 0 Å². The van der Waals surface area contributed by atoms with Crippen molar-refractivity contribution in [3.05, 3.63) is 29.8 Å². The van der Waals surface area contributed by atoms with Crippen molar-refractivity contribution in [1.29, 1.82) is 0 Å².